The van der Waals surface area contributed by atoms with Gasteiger partial charge in [-0.3, -0.25) is 4.79 Å². The first-order chi connectivity index (χ1) is 8.69. The summed E-state index contributed by atoms with van der Waals surface area (Å²) in [4.78, 5) is 11.7. The fourth-order valence-corrected chi connectivity index (χ4v) is 1.84. The number of hydrogen-bond acceptors (Lipinski definition) is 3. The van der Waals surface area contributed by atoms with Gasteiger partial charge in [-0.2, -0.15) is 0 Å². The average molecular weight is 251 g/mol. The Morgan fingerprint density at radius 1 is 1.50 bits per heavy atom. The van der Waals surface area contributed by atoms with Gasteiger partial charge in [-0.15, -0.1) is 0 Å². The Hall–Kier alpha value is -1.42. The molecule has 0 spiro atoms. The van der Waals surface area contributed by atoms with E-state index in [9.17, 15) is 9.18 Å². The SMILES string of the molecule is COc1ccc(CC(=O)CCNC2CC2)cc1F. The summed E-state index contributed by atoms with van der Waals surface area (Å²) < 4.78 is 18.3. The maximum Gasteiger partial charge on any atom is 0.165 e. The smallest absolute Gasteiger partial charge is 0.165 e. The van der Waals surface area contributed by atoms with Gasteiger partial charge < -0.3 is 10.1 Å². The fraction of sp³-hybridized carbons (Fsp3) is 0.500. The molecule has 0 saturated heterocycles. The molecule has 18 heavy (non-hydrogen) atoms. The lowest BCUT2D eigenvalue weighted by Crippen LogP contribution is -2.20. The molecule has 1 aromatic rings. The largest absolute Gasteiger partial charge is 0.494 e. The highest BCUT2D eigenvalue weighted by Gasteiger charge is 2.20. The van der Waals surface area contributed by atoms with Crippen LogP contribution in [0.15, 0.2) is 18.2 Å². The number of halogens is 1. The summed E-state index contributed by atoms with van der Waals surface area (Å²) >= 11 is 0. The van der Waals surface area contributed by atoms with E-state index in [-0.39, 0.29) is 18.0 Å². The van der Waals surface area contributed by atoms with Crippen molar-refractivity contribution in [2.24, 2.45) is 0 Å². The Bertz CT molecular complexity index is 430. The van der Waals surface area contributed by atoms with Crippen LogP contribution in [0, 0.1) is 5.82 Å². The molecule has 0 bridgehead atoms. The van der Waals surface area contributed by atoms with Gasteiger partial charge >= 0.3 is 0 Å². The van der Waals surface area contributed by atoms with E-state index in [1.54, 1.807) is 12.1 Å². The van der Waals surface area contributed by atoms with Gasteiger partial charge in [0.15, 0.2) is 11.6 Å². The molecule has 0 unspecified atom stereocenters. The van der Waals surface area contributed by atoms with Crippen molar-refractivity contribution < 1.29 is 13.9 Å². The van der Waals surface area contributed by atoms with Crippen molar-refractivity contribution in [3.63, 3.8) is 0 Å². The van der Waals surface area contributed by atoms with Crippen molar-refractivity contribution in [3.8, 4) is 5.75 Å². The molecule has 0 atom stereocenters. The molecule has 3 nitrogen and oxygen atoms in total. The molecule has 0 radical (unpaired) electrons. The summed E-state index contributed by atoms with van der Waals surface area (Å²) in [6, 6.07) is 5.27. The van der Waals surface area contributed by atoms with Crippen molar-refractivity contribution >= 4 is 5.78 Å². The first kappa shape index (κ1) is 13.0. The Morgan fingerprint density at radius 3 is 2.89 bits per heavy atom. The lowest BCUT2D eigenvalue weighted by atomic mass is 10.1. The molecule has 0 aromatic heterocycles. The summed E-state index contributed by atoms with van der Waals surface area (Å²) in [7, 11) is 1.42. The number of Topliss-reactive ketones (excluding diaryl/α,β-unsaturated/α-hetero) is 1. The number of methoxy groups -OCH3 is 1. The second-order valence-electron chi connectivity index (χ2n) is 4.66. The van der Waals surface area contributed by atoms with E-state index in [1.165, 1.54) is 26.0 Å². The van der Waals surface area contributed by atoms with Crippen molar-refractivity contribution in [2.45, 2.75) is 31.7 Å². The molecule has 2 rings (SSSR count). The molecule has 1 fully saturated rings. The highest BCUT2D eigenvalue weighted by Crippen LogP contribution is 2.19. The molecule has 0 aliphatic heterocycles. The predicted octanol–water partition coefficient (Wildman–Crippen LogP) is 2.09. The van der Waals surface area contributed by atoms with E-state index in [1.807, 2.05) is 0 Å². The van der Waals surface area contributed by atoms with E-state index in [0.29, 0.717) is 18.0 Å². The van der Waals surface area contributed by atoms with E-state index in [0.717, 1.165) is 6.54 Å². The number of ether oxygens (including phenoxy) is 1. The molecule has 1 N–H and O–H groups in total. The molecule has 1 saturated carbocycles. The third-order valence-electron chi connectivity index (χ3n) is 3.03. The van der Waals surface area contributed by atoms with Crippen molar-refractivity contribution in [3.05, 3.63) is 29.6 Å². The lowest BCUT2D eigenvalue weighted by Gasteiger charge is -2.05. The Labute approximate surface area is 106 Å². The molecule has 0 heterocycles. The van der Waals surface area contributed by atoms with Crippen LogP contribution in [0.4, 0.5) is 4.39 Å². The van der Waals surface area contributed by atoms with Crippen LogP contribution in [-0.2, 0) is 11.2 Å². The number of ketones is 1. The normalized spacial score (nSPS) is 14.6. The van der Waals surface area contributed by atoms with Crippen molar-refractivity contribution in [2.75, 3.05) is 13.7 Å². The van der Waals surface area contributed by atoms with Crippen LogP contribution >= 0.6 is 0 Å². The van der Waals surface area contributed by atoms with Gasteiger partial charge in [0.2, 0.25) is 0 Å². The van der Waals surface area contributed by atoms with Gasteiger partial charge in [0.25, 0.3) is 0 Å². The van der Waals surface area contributed by atoms with E-state index in [4.69, 9.17) is 4.74 Å². The predicted molar refractivity (Wildman–Crippen MR) is 67.3 cm³/mol. The minimum Gasteiger partial charge on any atom is -0.494 e. The first-order valence-corrected chi connectivity index (χ1v) is 6.26. The Morgan fingerprint density at radius 2 is 2.28 bits per heavy atom. The number of nitrogens with one attached hydrogen (secondary N) is 1. The third-order valence-corrected chi connectivity index (χ3v) is 3.03. The fourth-order valence-electron chi connectivity index (χ4n) is 1.84. The van der Waals surface area contributed by atoms with Gasteiger partial charge in [0, 0.05) is 25.4 Å². The summed E-state index contributed by atoms with van der Waals surface area (Å²) in [5, 5.41) is 3.29. The highest BCUT2D eigenvalue weighted by atomic mass is 19.1. The maximum absolute atomic E-state index is 13.4. The zero-order chi connectivity index (χ0) is 13.0. The number of rotatable bonds is 7. The van der Waals surface area contributed by atoms with Gasteiger partial charge in [0.05, 0.1) is 7.11 Å². The zero-order valence-electron chi connectivity index (χ0n) is 10.5. The Balaban J connectivity index is 1.80. The molecular formula is C14H18FNO2. The van der Waals surface area contributed by atoms with Gasteiger partial charge in [-0.05, 0) is 30.5 Å². The van der Waals surface area contributed by atoms with Gasteiger partial charge in [-0.25, -0.2) is 4.39 Å². The number of benzene rings is 1. The maximum atomic E-state index is 13.4. The lowest BCUT2D eigenvalue weighted by molar-refractivity contribution is -0.118. The van der Waals surface area contributed by atoms with Crippen LogP contribution in [0.5, 0.6) is 5.75 Å². The number of carbonyl (C=O) groups excluding carboxylic acids is 1. The zero-order valence-corrected chi connectivity index (χ0v) is 10.5. The van der Waals surface area contributed by atoms with Crippen LogP contribution in [0.2, 0.25) is 0 Å². The van der Waals surface area contributed by atoms with Crippen LogP contribution < -0.4 is 10.1 Å². The minimum absolute atomic E-state index is 0.132. The standard InChI is InChI=1S/C14H18FNO2/c1-18-14-5-2-10(9-13(14)15)8-12(17)6-7-16-11-3-4-11/h2,5,9,11,16H,3-4,6-8H2,1H3. The average Bonchev–Trinajstić information content (AvgIpc) is 3.13. The second-order valence-corrected chi connectivity index (χ2v) is 4.66. The molecular weight excluding hydrogens is 233 g/mol. The minimum atomic E-state index is -0.418. The Kier molecular flexibility index (Phi) is 4.31. The third kappa shape index (κ3) is 3.81. The summed E-state index contributed by atoms with van der Waals surface area (Å²) in [5.74, 6) is -0.0757. The molecule has 0 amide bonds. The van der Waals surface area contributed by atoms with Crippen LogP contribution in [0.1, 0.15) is 24.8 Å². The topological polar surface area (TPSA) is 38.3 Å². The summed E-state index contributed by atoms with van der Waals surface area (Å²) in [6.07, 6.45) is 3.23. The van der Waals surface area contributed by atoms with E-state index in [2.05, 4.69) is 5.32 Å². The van der Waals surface area contributed by atoms with Crippen molar-refractivity contribution in [1.29, 1.82) is 0 Å². The molecule has 98 valence electrons. The van der Waals surface area contributed by atoms with Crippen LogP contribution in [0.25, 0.3) is 0 Å². The quantitative estimate of drug-likeness (QED) is 0.806. The molecule has 4 heteroatoms. The number of carbonyl (C=O) groups is 1. The molecule has 1 aromatic carbocycles. The molecule has 1 aliphatic rings. The first-order valence-electron chi connectivity index (χ1n) is 6.26. The summed E-state index contributed by atoms with van der Waals surface area (Å²) in [6.45, 7) is 0.724. The van der Waals surface area contributed by atoms with Crippen LogP contribution in [-0.4, -0.2) is 25.5 Å². The summed E-state index contributed by atoms with van der Waals surface area (Å²) in [5.41, 5.74) is 0.699. The second kappa shape index (κ2) is 5.96. The highest BCUT2D eigenvalue weighted by molar-refractivity contribution is 5.81. The van der Waals surface area contributed by atoms with E-state index < -0.39 is 5.82 Å². The van der Waals surface area contributed by atoms with Gasteiger partial charge in [0.1, 0.15) is 5.78 Å². The molecule has 1 aliphatic carbocycles. The van der Waals surface area contributed by atoms with Gasteiger partial charge in [-0.1, -0.05) is 6.07 Å². The van der Waals surface area contributed by atoms with Crippen molar-refractivity contribution in [1.82, 2.24) is 5.32 Å². The monoisotopic (exact) mass is 251 g/mol. The van der Waals surface area contributed by atoms with Crippen LogP contribution in [0.3, 0.4) is 0 Å². The number of hydrogen-bond donors (Lipinski definition) is 1. The van der Waals surface area contributed by atoms with E-state index >= 15 is 0 Å².